The minimum absolute atomic E-state index is 0.0171. The van der Waals surface area contributed by atoms with Gasteiger partial charge < -0.3 is 4.74 Å². The monoisotopic (exact) mass is 422 g/mol. The third-order valence-corrected chi connectivity index (χ3v) is 5.10. The van der Waals surface area contributed by atoms with Crippen molar-refractivity contribution in [3.63, 3.8) is 0 Å². The highest BCUT2D eigenvalue weighted by atomic mass is 32.2. The Hall–Kier alpha value is -2.88. The highest BCUT2D eigenvalue weighted by Crippen LogP contribution is 2.31. The molecule has 0 bridgehead atoms. The SMILES string of the molecule is COc1ccc(C(=O)C(C)Sc2nnc(-c3ccncc3)n2CC(F)(F)F)cc1. The molecule has 2 heterocycles. The lowest BCUT2D eigenvalue weighted by Crippen LogP contribution is -2.20. The number of aromatic nitrogens is 4. The number of pyridine rings is 1. The second-order valence-electron chi connectivity index (χ2n) is 6.10. The van der Waals surface area contributed by atoms with Crippen LogP contribution in [0.25, 0.3) is 11.4 Å². The van der Waals surface area contributed by atoms with Gasteiger partial charge in [0.05, 0.1) is 12.4 Å². The van der Waals surface area contributed by atoms with Gasteiger partial charge in [-0.1, -0.05) is 11.8 Å². The number of nitrogens with zero attached hydrogens (tertiary/aromatic N) is 4. The van der Waals surface area contributed by atoms with Crippen LogP contribution in [0.3, 0.4) is 0 Å². The number of thioether (sulfide) groups is 1. The summed E-state index contributed by atoms with van der Waals surface area (Å²) in [5.74, 6) is 0.440. The van der Waals surface area contributed by atoms with Gasteiger partial charge in [-0.2, -0.15) is 13.2 Å². The molecule has 0 aliphatic carbocycles. The molecule has 0 amide bonds. The fourth-order valence-corrected chi connectivity index (χ4v) is 3.54. The number of rotatable bonds is 7. The predicted octanol–water partition coefficient (Wildman–Crippen LogP) is 4.27. The van der Waals surface area contributed by atoms with Gasteiger partial charge in [-0.05, 0) is 43.3 Å². The second-order valence-corrected chi connectivity index (χ2v) is 7.40. The van der Waals surface area contributed by atoms with E-state index in [0.29, 0.717) is 16.9 Å². The largest absolute Gasteiger partial charge is 0.497 e. The molecule has 0 saturated carbocycles. The number of hydrogen-bond donors (Lipinski definition) is 0. The van der Waals surface area contributed by atoms with E-state index in [1.165, 1.54) is 19.5 Å². The van der Waals surface area contributed by atoms with Crippen LogP contribution >= 0.6 is 11.8 Å². The minimum Gasteiger partial charge on any atom is -0.497 e. The summed E-state index contributed by atoms with van der Waals surface area (Å²) in [5.41, 5.74) is 0.889. The normalized spacial score (nSPS) is 12.6. The summed E-state index contributed by atoms with van der Waals surface area (Å²) in [5, 5.41) is 7.17. The van der Waals surface area contributed by atoms with E-state index in [9.17, 15) is 18.0 Å². The highest BCUT2D eigenvalue weighted by Gasteiger charge is 2.32. The number of carbonyl (C=O) groups is 1. The summed E-state index contributed by atoms with van der Waals surface area (Å²) < 4.78 is 45.5. The highest BCUT2D eigenvalue weighted by molar-refractivity contribution is 8.00. The van der Waals surface area contributed by atoms with Crippen molar-refractivity contribution in [1.29, 1.82) is 0 Å². The van der Waals surface area contributed by atoms with Crippen LogP contribution in [-0.4, -0.2) is 44.1 Å². The second kappa shape index (κ2) is 8.64. The molecule has 0 spiro atoms. The summed E-state index contributed by atoms with van der Waals surface area (Å²) in [6, 6.07) is 9.63. The number of halogens is 3. The standard InChI is InChI=1S/C19H17F3N4O2S/c1-12(16(27)13-3-5-15(28-2)6-4-13)29-18-25-24-17(14-7-9-23-10-8-14)26(18)11-19(20,21)22/h3-10,12H,11H2,1-2H3. The van der Waals surface area contributed by atoms with Crippen molar-refractivity contribution in [2.24, 2.45) is 0 Å². The van der Waals surface area contributed by atoms with Gasteiger partial charge in [0.15, 0.2) is 16.8 Å². The maximum atomic E-state index is 13.2. The van der Waals surface area contributed by atoms with Crippen molar-refractivity contribution in [1.82, 2.24) is 19.7 Å². The van der Waals surface area contributed by atoms with Crippen LogP contribution in [0.5, 0.6) is 5.75 Å². The van der Waals surface area contributed by atoms with Gasteiger partial charge in [0.2, 0.25) is 0 Å². The van der Waals surface area contributed by atoms with E-state index in [1.54, 1.807) is 43.3 Å². The molecule has 10 heteroatoms. The number of hydrogen-bond acceptors (Lipinski definition) is 6. The molecule has 0 radical (unpaired) electrons. The van der Waals surface area contributed by atoms with E-state index in [0.717, 1.165) is 16.3 Å². The summed E-state index contributed by atoms with van der Waals surface area (Å²) in [6.45, 7) is 0.361. The predicted molar refractivity (Wildman–Crippen MR) is 102 cm³/mol. The van der Waals surface area contributed by atoms with Crippen molar-refractivity contribution in [2.45, 2.75) is 30.1 Å². The van der Waals surface area contributed by atoms with E-state index < -0.39 is 18.0 Å². The van der Waals surface area contributed by atoms with Crippen LogP contribution in [-0.2, 0) is 6.54 Å². The Morgan fingerprint density at radius 3 is 2.38 bits per heavy atom. The molecule has 0 aliphatic heterocycles. The van der Waals surface area contributed by atoms with Crippen molar-refractivity contribution >= 4 is 17.5 Å². The summed E-state index contributed by atoms with van der Waals surface area (Å²) in [7, 11) is 1.52. The van der Waals surface area contributed by atoms with Gasteiger partial charge >= 0.3 is 6.18 Å². The molecule has 1 unspecified atom stereocenters. The average molecular weight is 422 g/mol. The van der Waals surface area contributed by atoms with Gasteiger partial charge in [0, 0.05) is 23.5 Å². The van der Waals surface area contributed by atoms with Crippen molar-refractivity contribution in [3.8, 4) is 17.1 Å². The minimum atomic E-state index is -4.47. The summed E-state index contributed by atoms with van der Waals surface area (Å²) in [6.07, 6.45) is -1.54. The van der Waals surface area contributed by atoms with Crippen LogP contribution in [0, 0.1) is 0 Å². The number of ketones is 1. The molecule has 6 nitrogen and oxygen atoms in total. The number of methoxy groups -OCH3 is 1. The molecule has 3 aromatic rings. The van der Waals surface area contributed by atoms with Crippen molar-refractivity contribution in [3.05, 3.63) is 54.4 Å². The Bertz CT molecular complexity index is 975. The smallest absolute Gasteiger partial charge is 0.406 e. The third-order valence-electron chi connectivity index (χ3n) is 4.02. The zero-order valence-corrected chi connectivity index (χ0v) is 16.4. The van der Waals surface area contributed by atoms with E-state index in [4.69, 9.17) is 4.74 Å². The molecule has 3 rings (SSSR count). The summed E-state index contributed by atoms with van der Waals surface area (Å²) in [4.78, 5) is 16.5. The Morgan fingerprint density at radius 2 is 1.79 bits per heavy atom. The Balaban J connectivity index is 1.87. The van der Waals surface area contributed by atoms with Gasteiger partial charge in [0.25, 0.3) is 0 Å². The number of ether oxygens (including phenoxy) is 1. The summed E-state index contributed by atoms with van der Waals surface area (Å²) >= 11 is 0.932. The van der Waals surface area contributed by atoms with Crippen LogP contribution in [0.4, 0.5) is 13.2 Å². The molecule has 152 valence electrons. The average Bonchev–Trinajstić information content (AvgIpc) is 3.08. The fraction of sp³-hybridized carbons (Fsp3) is 0.263. The van der Waals surface area contributed by atoms with E-state index >= 15 is 0 Å². The lowest BCUT2D eigenvalue weighted by molar-refractivity contribution is -0.141. The number of benzene rings is 1. The number of Topliss-reactive ketones (excluding diaryl/α,β-unsaturated/α-hetero) is 1. The van der Waals surface area contributed by atoms with Gasteiger partial charge in [-0.15, -0.1) is 10.2 Å². The molecule has 1 atom stereocenters. The van der Waals surface area contributed by atoms with Gasteiger partial charge in [-0.3, -0.25) is 14.3 Å². The molecule has 0 fully saturated rings. The fourth-order valence-electron chi connectivity index (χ4n) is 2.61. The lowest BCUT2D eigenvalue weighted by Gasteiger charge is -2.14. The van der Waals surface area contributed by atoms with Crippen LogP contribution in [0.15, 0.2) is 53.9 Å². The quantitative estimate of drug-likeness (QED) is 0.418. The molecule has 0 saturated heterocycles. The number of carbonyl (C=O) groups excluding carboxylic acids is 1. The van der Waals surface area contributed by atoms with Crippen LogP contribution < -0.4 is 4.74 Å². The van der Waals surface area contributed by atoms with E-state index in [2.05, 4.69) is 15.2 Å². The topological polar surface area (TPSA) is 69.9 Å². The first-order valence-electron chi connectivity index (χ1n) is 8.54. The molecule has 29 heavy (non-hydrogen) atoms. The Morgan fingerprint density at radius 1 is 1.14 bits per heavy atom. The Kier molecular flexibility index (Phi) is 6.21. The maximum Gasteiger partial charge on any atom is 0.406 e. The first-order chi connectivity index (χ1) is 13.8. The van der Waals surface area contributed by atoms with Gasteiger partial charge in [0.1, 0.15) is 12.3 Å². The molecule has 1 aromatic carbocycles. The van der Waals surface area contributed by atoms with E-state index in [1.807, 2.05) is 0 Å². The first-order valence-corrected chi connectivity index (χ1v) is 9.41. The maximum absolute atomic E-state index is 13.2. The molecular weight excluding hydrogens is 405 g/mol. The lowest BCUT2D eigenvalue weighted by atomic mass is 10.1. The first kappa shape index (κ1) is 20.8. The molecular formula is C19H17F3N4O2S. The molecule has 0 N–H and O–H groups in total. The zero-order valence-electron chi connectivity index (χ0n) is 15.6. The Labute approximate surface area is 169 Å². The van der Waals surface area contributed by atoms with Crippen molar-refractivity contribution < 1.29 is 22.7 Å². The van der Waals surface area contributed by atoms with Crippen LogP contribution in [0.2, 0.25) is 0 Å². The van der Waals surface area contributed by atoms with Gasteiger partial charge in [-0.25, -0.2) is 0 Å². The molecule has 2 aromatic heterocycles. The third kappa shape index (κ3) is 5.14. The molecule has 0 aliphatic rings. The van der Waals surface area contributed by atoms with E-state index in [-0.39, 0.29) is 16.8 Å². The number of alkyl halides is 3. The van der Waals surface area contributed by atoms with Crippen molar-refractivity contribution in [2.75, 3.05) is 7.11 Å². The zero-order chi connectivity index (χ0) is 21.0. The van der Waals surface area contributed by atoms with Crippen LogP contribution in [0.1, 0.15) is 17.3 Å².